The smallest absolute Gasteiger partial charge is 0.262 e. The van der Waals surface area contributed by atoms with Gasteiger partial charge in [-0.25, -0.2) is 4.98 Å². The third-order valence-corrected chi connectivity index (χ3v) is 6.24. The Hall–Kier alpha value is -2.64. The van der Waals surface area contributed by atoms with Crippen molar-refractivity contribution in [3.8, 4) is 0 Å². The number of para-hydroxylation sites is 1. The first-order valence-corrected chi connectivity index (χ1v) is 11.5. The molecule has 7 heteroatoms. The Bertz CT molecular complexity index is 1080. The van der Waals surface area contributed by atoms with Crippen molar-refractivity contribution in [1.29, 1.82) is 0 Å². The second-order valence-electron chi connectivity index (χ2n) is 7.48. The molecule has 0 saturated carbocycles. The van der Waals surface area contributed by atoms with Gasteiger partial charge in [-0.15, -0.1) is 0 Å². The number of amides is 1. The maximum absolute atomic E-state index is 13.0. The van der Waals surface area contributed by atoms with E-state index in [-0.39, 0.29) is 17.2 Å². The molecule has 0 bridgehead atoms. The minimum absolute atomic E-state index is 0.0924. The third kappa shape index (κ3) is 5.95. The van der Waals surface area contributed by atoms with Crippen LogP contribution in [0, 0.1) is 0 Å². The van der Waals surface area contributed by atoms with Crippen molar-refractivity contribution in [2.24, 2.45) is 0 Å². The van der Waals surface area contributed by atoms with Gasteiger partial charge in [-0.2, -0.15) is 0 Å². The lowest BCUT2D eigenvalue weighted by atomic mass is 9.99. The molecule has 0 unspecified atom stereocenters. The van der Waals surface area contributed by atoms with E-state index in [4.69, 9.17) is 4.74 Å². The molecule has 0 radical (unpaired) electrons. The van der Waals surface area contributed by atoms with Crippen molar-refractivity contribution in [1.82, 2.24) is 9.55 Å². The predicted molar refractivity (Wildman–Crippen MR) is 127 cm³/mol. The van der Waals surface area contributed by atoms with E-state index in [0.717, 1.165) is 12.1 Å². The van der Waals surface area contributed by atoms with Crippen LogP contribution in [0.4, 0.5) is 5.69 Å². The molecule has 164 valence electrons. The highest BCUT2D eigenvalue weighted by molar-refractivity contribution is 7.99. The molecule has 1 amide bonds. The molecule has 1 heterocycles. The maximum atomic E-state index is 13.0. The first-order valence-electron chi connectivity index (χ1n) is 10.5. The van der Waals surface area contributed by atoms with Gasteiger partial charge < -0.3 is 10.1 Å². The van der Waals surface area contributed by atoms with Gasteiger partial charge >= 0.3 is 0 Å². The molecule has 0 aliphatic rings. The molecule has 1 N–H and O–H groups in total. The van der Waals surface area contributed by atoms with E-state index in [2.05, 4.69) is 36.3 Å². The molecule has 0 saturated heterocycles. The number of methoxy groups -OCH3 is 1. The number of benzene rings is 2. The number of hydrogen-bond donors (Lipinski definition) is 1. The van der Waals surface area contributed by atoms with Gasteiger partial charge in [-0.3, -0.25) is 14.2 Å². The summed E-state index contributed by atoms with van der Waals surface area (Å²) < 4.78 is 6.76. The molecule has 3 rings (SSSR count). The van der Waals surface area contributed by atoms with Gasteiger partial charge in [0.15, 0.2) is 5.16 Å². The van der Waals surface area contributed by atoms with Crippen LogP contribution in [0.15, 0.2) is 58.5 Å². The summed E-state index contributed by atoms with van der Waals surface area (Å²) in [5, 5.41) is 4.05. The Morgan fingerprint density at radius 2 is 1.94 bits per heavy atom. The van der Waals surface area contributed by atoms with Crippen molar-refractivity contribution in [3.63, 3.8) is 0 Å². The van der Waals surface area contributed by atoms with Gasteiger partial charge in [0.1, 0.15) is 0 Å². The zero-order valence-corrected chi connectivity index (χ0v) is 19.1. The molecule has 3 aromatic rings. The van der Waals surface area contributed by atoms with Gasteiger partial charge in [0.05, 0.1) is 16.7 Å². The number of carbonyl (C=O) groups excluding carboxylic acids is 1. The highest BCUT2D eigenvalue weighted by Crippen LogP contribution is 2.22. The van der Waals surface area contributed by atoms with E-state index >= 15 is 0 Å². The molecule has 1 aromatic heterocycles. The lowest BCUT2D eigenvalue weighted by Crippen LogP contribution is -2.25. The first kappa shape index (κ1) is 23.0. The average molecular weight is 440 g/mol. The van der Waals surface area contributed by atoms with Crippen LogP contribution in [0.2, 0.25) is 0 Å². The molecule has 0 spiro atoms. The molecule has 31 heavy (non-hydrogen) atoms. The van der Waals surface area contributed by atoms with Crippen LogP contribution >= 0.6 is 11.8 Å². The fraction of sp³-hybridized carbons (Fsp3) is 0.375. The van der Waals surface area contributed by atoms with E-state index in [9.17, 15) is 9.59 Å². The summed E-state index contributed by atoms with van der Waals surface area (Å²) in [5.74, 6) is 0.531. The maximum Gasteiger partial charge on any atom is 0.262 e. The molecular weight excluding hydrogens is 410 g/mol. The van der Waals surface area contributed by atoms with Gasteiger partial charge in [0, 0.05) is 25.9 Å². The highest BCUT2D eigenvalue weighted by Gasteiger charge is 2.13. The van der Waals surface area contributed by atoms with Crippen molar-refractivity contribution >= 4 is 34.3 Å². The Kier molecular flexibility index (Phi) is 8.26. The summed E-state index contributed by atoms with van der Waals surface area (Å²) >= 11 is 1.27. The Morgan fingerprint density at radius 1 is 1.19 bits per heavy atom. The summed E-state index contributed by atoms with van der Waals surface area (Å²) in [5.41, 5.74) is 2.57. The minimum Gasteiger partial charge on any atom is -0.385 e. The van der Waals surface area contributed by atoms with E-state index in [1.165, 1.54) is 17.3 Å². The number of nitrogens with one attached hydrogen (secondary N) is 1. The SMILES string of the molecule is CC[C@@H](C)c1ccc(NC(=O)CSc2nc3ccccc3c(=O)n2CCCOC)cc1. The summed E-state index contributed by atoms with van der Waals surface area (Å²) in [6, 6.07) is 15.2. The Balaban J connectivity index is 1.72. The zero-order valence-electron chi connectivity index (χ0n) is 18.3. The number of carbonyl (C=O) groups is 1. The van der Waals surface area contributed by atoms with Crippen molar-refractivity contribution < 1.29 is 9.53 Å². The summed E-state index contributed by atoms with van der Waals surface area (Å²) in [7, 11) is 1.64. The number of fused-ring (bicyclic) bond motifs is 1. The third-order valence-electron chi connectivity index (χ3n) is 5.27. The number of nitrogens with zero attached hydrogens (tertiary/aromatic N) is 2. The van der Waals surface area contributed by atoms with Crippen molar-refractivity contribution in [2.45, 2.75) is 44.3 Å². The number of aromatic nitrogens is 2. The van der Waals surface area contributed by atoms with Gasteiger partial charge in [-0.1, -0.05) is 49.9 Å². The predicted octanol–water partition coefficient (Wildman–Crippen LogP) is 4.68. The fourth-order valence-corrected chi connectivity index (χ4v) is 4.11. The lowest BCUT2D eigenvalue weighted by molar-refractivity contribution is -0.113. The summed E-state index contributed by atoms with van der Waals surface area (Å²) in [6.45, 7) is 5.39. The summed E-state index contributed by atoms with van der Waals surface area (Å²) in [6.07, 6.45) is 1.77. The number of anilines is 1. The van der Waals surface area contributed by atoms with Crippen molar-refractivity contribution in [2.75, 3.05) is 24.8 Å². The van der Waals surface area contributed by atoms with Gasteiger partial charge in [0.2, 0.25) is 5.91 Å². The highest BCUT2D eigenvalue weighted by atomic mass is 32.2. The molecule has 1 atom stereocenters. The average Bonchev–Trinajstić information content (AvgIpc) is 2.79. The standard InChI is InChI=1S/C24H29N3O3S/c1-4-17(2)18-10-12-19(13-11-18)25-22(28)16-31-24-26-21-9-6-5-8-20(21)23(29)27(24)14-7-15-30-3/h5-6,8-13,17H,4,7,14-16H2,1-3H3,(H,25,28)/t17-/m1/s1. The van der Waals surface area contributed by atoms with Crippen LogP contribution in [0.25, 0.3) is 10.9 Å². The quantitative estimate of drug-likeness (QED) is 0.282. The normalized spacial score (nSPS) is 12.1. The van der Waals surface area contributed by atoms with Crippen LogP contribution in [0.1, 0.15) is 38.2 Å². The van der Waals surface area contributed by atoms with Crippen molar-refractivity contribution in [3.05, 3.63) is 64.4 Å². The Morgan fingerprint density at radius 3 is 2.65 bits per heavy atom. The van der Waals surface area contributed by atoms with E-state index < -0.39 is 0 Å². The molecule has 0 fully saturated rings. The molecular formula is C24H29N3O3S. The number of thioether (sulfide) groups is 1. The second-order valence-corrected chi connectivity index (χ2v) is 8.43. The molecule has 6 nitrogen and oxygen atoms in total. The second kappa shape index (κ2) is 11.1. The topological polar surface area (TPSA) is 73.2 Å². The van der Waals surface area contributed by atoms with Gasteiger partial charge in [-0.05, 0) is 48.6 Å². The van der Waals surface area contributed by atoms with E-state index in [1.54, 1.807) is 17.7 Å². The van der Waals surface area contributed by atoms with Crippen LogP contribution < -0.4 is 10.9 Å². The first-order chi connectivity index (χ1) is 15.0. The minimum atomic E-state index is -0.132. The summed E-state index contributed by atoms with van der Waals surface area (Å²) in [4.78, 5) is 30.1. The van der Waals surface area contributed by atoms with Gasteiger partial charge in [0.25, 0.3) is 5.56 Å². The van der Waals surface area contributed by atoms with E-state index in [1.807, 2.05) is 30.3 Å². The van der Waals surface area contributed by atoms with E-state index in [0.29, 0.717) is 41.5 Å². The Labute approximate surface area is 187 Å². The van der Waals surface area contributed by atoms with Crippen LogP contribution in [-0.4, -0.2) is 34.9 Å². The van der Waals surface area contributed by atoms with Crippen LogP contribution in [0.5, 0.6) is 0 Å². The molecule has 2 aromatic carbocycles. The van der Waals surface area contributed by atoms with Crippen LogP contribution in [-0.2, 0) is 16.1 Å². The fourth-order valence-electron chi connectivity index (χ4n) is 3.28. The molecule has 0 aliphatic carbocycles. The number of hydrogen-bond acceptors (Lipinski definition) is 5. The lowest BCUT2D eigenvalue weighted by Gasteiger charge is -2.13. The molecule has 0 aliphatic heterocycles. The number of ether oxygens (including phenoxy) is 1. The zero-order chi connectivity index (χ0) is 22.2. The van der Waals surface area contributed by atoms with Crippen LogP contribution in [0.3, 0.4) is 0 Å². The largest absolute Gasteiger partial charge is 0.385 e. The monoisotopic (exact) mass is 439 g/mol. The number of rotatable bonds is 10.